The fraction of sp³-hybridized carbons (Fsp3) is 0. The van der Waals surface area contributed by atoms with E-state index < -0.39 is 0 Å². The number of nitrogens with zero attached hydrogens (tertiary/aromatic N) is 2. The Labute approximate surface area is 158 Å². The Morgan fingerprint density at radius 3 is 1.59 bits per heavy atom. The van der Waals surface area contributed by atoms with E-state index in [0.717, 1.165) is 20.9 Å². The number of hydrogen-bond acceptors (Lipinski definition) is 5. The molecule has 2 N–H and O–H groups in total. The molecule has 0 aliphatic carbocycles. The molecule has 6 nitrogen and oxygen atoms in total. The average molecular weight is 374 g/mol. The zero-order valence-electron chi connectivity index (χ0n) is 14.0. The molecular formula is C20H14N4O2S. The molecular weight excluding hydrogens is 360 g/mol. The van der Waals surface area contributed by atoms with Crippen LogP contribution in [-0.4, -0.2) is 19.9 Å². The fourth-order valence-electron chi connectivity index (χ4n) is 2.58. The van der Waals surface area contributed by atoms with Gasteiger partial charge in [-0.05, 0) is 24.3 Å². The van der Waals surface area contributed by atoms with Crippen molar-refractivity contribution in [2.24, 2.45) is 0 Å². The maximum absolute atomic E-state index is 11.5. The Bertz CT molecular complexity index is 1120. The molecule has 0 spiro atoms. The molecule has 2 heterocycles. The first kappa shape index (κ1) is 17.0. The van der Waals surface area contributed by atoms with Crippen LogP contribution in [0.5, 0.6) is 0 Å². The molecule has 0 aliphatic rings. The van der Waals surface area contributed by atoms with Gasteiger partial charge in [0.05, 0.1) is 0 Å². The van der Waals surface area contributed by atoms with Gasteiger partial charge in [-0.15, -0.1) is 0 Å². The summed E-state index contributed by atoms with van der Waals surface area (Å²) in [5.41, 5.74) is 1.30. The van der Waals surface area contributed by atoms with Crippen molar-refractivity contribution in [2.75, 3.05) is 0 Å². The van der Waals surface area contributed by atoms with Crippen LogP contribution in [0.25, 0.3) is 22.8 Å². The highest BCUT2D eigenvalue weighted by Gasteiger charge is 2.06. The molecule has 2 aromatic heterocycles. The van der Waals surface area contributed by atoms with Crippen molar-refractivity contribution in [3.8, 4) is 22.8 Å². The summed E-state index contributed by atoms with van der Waals surface area (Å²) in [7, 11) is 0. The molecule has 7 heteroatoms. The predicted molar refractivity (Wildman–Crippen MR) is 105 cm³/mol. The van der Waals surface area contributed by atoms with Crippen molar-refractivity contribution in [1.82, 2.24) is 19.9 Å². The van der Waals surface area contributed by atoms with Crippen LogP contribution in [0.2, 0.25) is 0 Å². The quantitative estimate of drug-likeness (QED) is 0.572. The van der Waals surface area contributed by atoms with Gasteiger partial charge in [0.1, 0.15) is 11.6 Å². The van der Waals surface area contributed by atoms with Crippen LogP contribution < -0.4 is 11.1 Å². The second-order valence-corrected chi connectivity index (χ2v) is 6.87. The lowest BCUT2D eigenvalue weighted by Crippen LogP contribution is -2.05. The van der Waals surface area contributed by atoms with Gasteiger partial charge in [0.2, 0.25) is 0 Å². The number of H-pyrrole nitrogens is 2. The van der Waals surface area contributed by atoms with Crippen molar-refractivity contribution in [1.29, 1.82) is 0 Å². The molecule has 0 unspecified atom stereocenters. The van der Waals surface area contributed by atoms with Crippen LogP contribution in [0.15, 0.2) is 92.4 Å². The lowest BCUT2D eigenvalue weighted by molar-refractivity contribution is 1.12. The van der Waals surface area contributed by atoms with E-state index in [4.69, 9.17) is 0 Å². The van der Waals surface area contributed by atoms with Crippen molar-refractivity contribution >= 4 is 11.8 Å². The van der Waals surface area contributed by atoms with E-state index >= 15 is 0 Å². The highest BCUT2D eigenvalue weighted by molar-refractivity contribution is 7.99. The standard InChI is InChI=1S/C20H14N4O2S/c25-17-7-9-21-19(23-17)13-3-1-5-15(11-13)27-16-6-2-4-14(12-16)20-22-10-8-18(26)24-20/h1-12H,(H,21,23,25)(H,22,24,26). The lowest BCUT2D eigenvalue weighted by Gasteiger charge is -2.07. The Morgan fingerprint density at radius 1 is 0.667 bits per heavy atom. The highest BCUT2D eigenvalue weighted by Crippen LogP contribution is 2.31. The zero-order valence-corrected chi connectivity index (χ0v) is 14.9. The van der Waals surface area contributed by atoms with Crippen LogP contribution in [0.1, 0.15) is 0 Å². The molecule has 132 valence electrons. The Morgan fingerprint density at radius 2 is 1.15 bits per heavy atom. The average Bonchev–Trinajstić information content (AvgIpc) is 2.68. The third-order valence-corrected chi connectivity index (χ3v) is 4.77. The topological polar surface area (TPSA) is 91.5 Å². The molecule has 0 bridgehead atoms. The van der Waals surface area contributed by atoms with E-state index in [1.165, 1.54) is 24.5 Å². The van der Waals surface area contributed by atoms with Gasteiger partial charge in [0.25, 0.3) is 11.1 Å². The van der Waals surface area contributed by atoms with Crippen LogP contribution in [-0.2, 0) is 0 Å². The summed E-state index contributed by atoms with van der Waals surface area (Å²) in [4.78, 5) is 38.9. The van der Waals surface area contributed by atoms with Crippen molar-refractivity contribution in [2.45, 2.75) is 9.79 Å². The molecule has 0 saturated heterocycles. The summed E-state index contributed by atoms with van der Waals surface area (Å²) in [5, 5.41) is 0. The van der Waals surface area contributed by atoms with Gasteiger partial charge in [0, 0.05) is 45.4 Å². The maximum atomic E-state index is 11.5. The van der Waals surface area contributed by atoms with Crippen molar-refractivity contribution in [3.05, 3.63) is 93.8 Å². The monoisotopic (exact) mass is 374 g/mol. The normalized spacial score (nSPS) is 10.7. The number of nitrogens with one attached hydrogen (secondary N) is 2. The maximum Gasteiger partial charge on any atom is 0.251 e. The first-order chi connectivity index (χ1) is 13.2. The number of benzene rings is 2. The third-order valence-electron chi connectivity index (χ3n) is 3.79. The summed E-state index contributed by atoms with van der Waals surface area (Å²) in [6.07, 6.45) is 2.98. The van der Waals surface area contributed by atoms with Crippen molar-refractivity contribution in [3.63, 3.8) is 0 Å². The minimum atomic E-state index is -0.185. The van der Waals surface area contributed by atoms with Crippen LogP contribution in [0, 0.1) is 0 Å². The minimum Gasteiger partial charge on any atom is -0.307 e. The van der Waals surface area contributed by atoms with Gasteiger partial charge in [-0.2, -0.15) is 0 Å². The summed E-state index contributed by atoms with van der Waals surface area (Å²) >= 11 is 1.57. The van der Waals surface area contributed by atoms with E-state index in [1.54, 1.807) is 11.8 Å². The van der Waals surface area contributed by atoms with Gasteiger partial charge in [-0.25, -0.2) is 9.97 Å². The Kier molecular flexibility index (Phi) is 4.67. The molecule has 4 aromatic rings. The molecule has 0 atom stereocenters. The van der Waals surface area contributed by atoms with Crippen molar-refractivity contribution < 1.29 is 0 Å². The molecule has 4 rings (SSSR count). The van der Waals surface area contributed by atoms with Gasteiger partial charge in [-0.1, -0.05) is 36.0 Å². The first-order valence-electron chi connectivity index (χ1n) is 8.17. The van der Waals surface area contributed by atoms with Crippen LogP contribution in [0.4, 0.5) is 0 Å². The number of rotatable bonds is 4. The number of aromatic nitrogens is 4. The van der Waals surface area contributed by atoms with E-state index in [1.807, 2.05) is 48.5 Å². The van der Waals surface area contributed by atoms with Gasteiger partial charge < -0.3 is 9.97 Å². The summed E-state index contributed by atoms with van der Waals surface area (Å²) < 4.78 is 0. The third kappa shape index (κ3) is 4.04. The Balaban J connectivity index is 1.63. The van der Waals surface area contributed by atoms with E-state index in [9.17, 15) is 9.59 Å². The molecule has 0 aliphatic heterocycles. The molecule has 2 aromatic carbocycles. The first-order valence-corrected chi connectivity index (χ1v) is 8.98. The molecule has 0 radical (unpaired) electrons. The zero-order chi connectivity index (χ0) is 18.6. The summed E-state index contributed by atoms with van der Waals surface area (Å²) in [5.74, 6) is 1.06. The fourth-order valence-corrected chi connectivity index (χ4v) is 3.52. The Hall–Kier alpha value is -3.45. The van der Waals surface area contributed by atoms with Gasteiger partial charge >= 0.3 is 0 Å². The summed E-state index contributed by atoms with van der Waals surface area (Å²) in [6.45, 7) is 0. The second-order valence-electron chi connectivity index (χ2n) is 5.72. The predicted octanol–water partition coefficient (Wildman–Crippen LogP) is 3.34. The minimum absolute atomic E-state index is 0.185. The lowest BCUT2D eigenvalue weighted by atomic mass is 10.2. The van der Waals surface area contributed by atoms with E-state index in [-0.39, 0.29) is 11.1 Å². The molecule has 0 fully saturated rings. The largest absolute Gasteiger partial charge is 0.307 e. The smallest absolute Gasteiger partial charge is 0.251 e. The van der Waals surface area contributed by atoms with E-state index in [2.05, 4.69) is 19.9 Å². The highest BCUT2D eigenvalue weighted by atomic mass is 32.2. The number of hydrogen-bond donors (Lipinski definition) is 2. The van der Waals surface area contributed by atoms with Gasteiger partial charge in [0.15, 0.2) is 0 Å². The second kappa shape index (κ2) is 7.43. The number of aromatic amines is 2. The van der Waals surface area contributed by atoms with E-state index in [0.29, 0.717) is 11.6 Å². The van der Waals surface area contributed by atoms with Crippen LogP contribution >= 0.6 is 11.8 Å². The van der Waals surface area contributed by atoms with Crippen LogP contribution in [0.3, 0.4) is 0 Å². The summed E-state index contributed by atoms with van der Waals surface area (Å²) in [6, 6.07) is 18.3. The molecule has 0 saturated carbocycles. The molecule has 27 heavy (non-hydrogen) atoms. The molecule has 0 amide bonds. The van der Waals surface area contributed by atoms with Gasteiger partial charge in [-0.3, -0.25) is 9.59 Å². The SMILES string of the molecule is O=c1ccnc(-c2cccc(Sc3cccc(-c4nccc(=O)[nH]4)c3)c2)[nH]1.